The van der Waals surface area contributed by atoms with Crippen LogP contribution in [0.2, 0.25) is 0 Å². The predicted molar refractivity (Wildman–Crippen MR) is 37.6 cm³/mol. The van der Waals surface area contributed by atoms with E-state index < -0.39 is 0 Å². The molecule has 1 heteroatoms. The zero-order valence-electron chi connectivity index (χ0n) is 5.38. The van der Waals surface area contributed by atoms with Gasteiger partial charge in [-0.25, -0.2) is 4.58 Å². The highest BCUT2D eigenvalue weighted by Crippen LogP contribution is 2.07. The molecule has 0 amide bonds. The van der Waals surface area contributed by atoms with Gasteiger partial charge < -0.3 is 0 Å². The summed E-state index contributed by atoms with van der Waals surface area (Å²) >= 11 is 0. The first kappa shape index (κ1) is 4.98. The van der Waals surface area contributed by atoms with E-state index in [0.717, 1.165) is 6.42 Å². The van der Waals surface area contributed by atoms with Gasteiger partial charge in [-0.3, -0.25) is 0 Å². The highest BCUT2D eigenvalue weighted by Gasteiger charge is 2.15. The average Bonchev–Trinajstić information content (AvgIpc) is 2.33. The van der Waals surface area contributed by atoms with E-state index in [1.807, 2.05) is 0 Å². The first-order valence-electron chi connectivity index (χ1n) is 3.42. The fourth-order valence-electron chi connectivity index (χ4n) is 1.33. The van der Waals surface area contributed by atoms with Gasteiger partial charge in [0, 0.05) is 12.5 Å². The minimum absolute atomic E-state index is 1.14. The fourth-order valence-corrected chi connectivity index (χ4v) is 1.33. The number of hydrogen-bond acceptors (Lipinski definition) is 0. The summed E-state index contributed by atoms with van der Waals surface area (Å²) in [5, 5.41) is 0. The summed E-state index contributed by atoms with van der Waals surface area (Å²) in [6, 6.07) is 0. The number of nitrogens with zero attached hydrogens (tertiary/aromatic N) is 1. The molecule has 0 fully saturated rings. The predicted octanol–water partition coefficient (Wildman–Crippen LogP) is 1.32. The summed E-state index contributed by atoms with van der Waals surface area (Å²) in [7, 11) is 0. The lowest BCUT2D eigenvalue weighted by molar-refractivity contribution is -0.453. The van der Waals surface area contributed by atoms with E-state index in [-0.39, 0.29) is 0 Å². The largest absolute Gasteiger partial charge is 0.202 e. The molecule has 0 spiro atoms. The SMILES string of the molecule is C1=CC2=[N+](C=CC2)CC1. The van der Waals surface area contributed by atoms with Crippen molar-refractivity contribution < 1.29 is 4.58 Å². The molecule has 0 radical (unpaired) electrons. The second-order valence-electron chi connectivity index (χ2n) is 2.46. The van der Waals surface area contributed by atoms with E-state index in [0.29, 0.717) is 0 Å². The van der Waals surface area contributed by atoms with Crippen molar-refractivity contribution >= 4 is 5.71 Å². The Morgan fingerprint density at radius 3 is 3.22 bits per heavy atom. The molecule has 2 aliphatic rings. The standard InChI is InChI=1S/C8H10N/c1-2-6-9-7-3-5-8(9)4-1/h1,3-4,7H,2,5-6H2/q+1. The summed E-state index contributed by atoms with van der Waals surface area (Å²) in [6.45, 7) is 1.18. The molecule has 1 nitrogen and oxygen atoms in total. The summed E-state index contributed by atoms with van der Waals surface area (Å²) in [4.78, 5) is 0. The molecule has 0 aliphatic carbocycles. The topological polar surface area (TPSA) is 3.01 Å². The van der Waals surface area contributed by atoms with Crippen LogP contribution in [0.5, 0.6) is 0 Å². The lowest BCUT2D eigenvalue weighted by atomic mass is 10.2. The Balaban J connectivity index is 2.35. The third-order valence-electron chi connectivity index (χ3n) is 1.83. The van der Waals surface area contributed by atoms with Crippen LogP contribution in [-0.4, -0.2) is 16.8 Å². The van der Waals surface area contributed by atoms with Crippen LogP contribution in [0.25, 0.3) is 0 Å². The van der Waals surface area contributed by atoms with E-state index in [1.54, 1.807) is 0 Å². The van der Waals surface area contributed by atoms with E-state index in [9.17, 15) is 0 Å². The van der Waals surface area contributed by atoms with Gasteiger partial charge in [0.25, 0.3) is 0 Å². The van der Waals surface area contributed by atoms with Crippen LogP contribution in [0.4, 0.5) is 0 Å². The lowest BCUT2D eigenvalue weighted by Gasteiger charge is -1.99. The van der Waals surface area contributed by atoms with Gasteiger partial charge in [0.05, 0.1) is 6.42 Å². The Labute approximate surface area is 55.0 Å². The number of allylic oxidation sites excluding steroid dienone is 2. The average molecular weight is 120 g/mol. The van der Waals surface area contributed by atoms with Gasteiger partial charge in [-0.2, -0.15) is 0 Å². The highest BCUT2D eigenvalue weighted by atomic mass is 15.0. The summed E-state index contributed by atoms with van der Waals surface area (Å²) in [6.07, 6.45) is 11.2. The van der Waals surface area contributed by atoms with E-state index in [1.165, 1.54) is 18.7 Å². The third kappa shape index (κ3) is 0.727. The molecule has 0 aromatic carbocycles. The van der Waals surface area contributed by atoms with Crippen LogP contribution in [0.15, 0.2) is 24.4 Å². The van der Waals surface area contributed by atoms with Crippen molar-refractivity contribution in [1.82, 2.24) is 0 Å². The van der Waals surface area contributed by atoms with Crippen molar-refractivity contribution in [2.45, 2.75) is 12.8 Å². The van der Waals surface area contributed by atoms with Gasteiger partial charge in [-0.15, -0.1) is 0 Å². The molecule has 2 aliphatic heterocycles. The van der Waals surface area contributed by atoms with Crippen molar-refractivity contribution in [3.8, 4) is 0 Å². The van der Waals surface area contributed by atoms with Gasteiger partial charge >= 0.3 is 0 Å². The molecule has 46 valence electrons. The molecular weight excluding hydrogens is 110 g/mol. The van der Waals surface area contributed by atoms with Gasteiger partial charge in [0.1, 0.15) is 0 Å². The van der Waals surface area contributed by atoms with Crippen LogP contribution >= 0.6 is 0 Å². The van der Waals surface area contributed by atoms with Crippen molar-refractivity contribution in [2.75, 3.05) is 6.54 Å². The first-order valence-corrected chi connectivity index (χ1v) is 3.42. The zero-order chi connectivity index (χ0) is 6.10. The zero-order valence-corrected chi connectivity index (χ0v) is 5.38. The second kappa shape index (κ2) is 1.83. The third-order valence-corrected chi connectivity index (χ3v) is 1.83. The molecule has 0 unspecified atom stereocenters. The van der Waals surface area contributed by atoms with Crippen molar-refractivity contribution in [3.05, 3.63) is 24.4 Å². The van der Waals surface area contributed by atoms with Gasteiger partial charge in [0.15, 0.2) is 18.5 Å². The lowest BCUT2D eigenvalue weighted by Crippen LogP contribution is -2.14. The number of hydrogen-bond donors (Lipinski definition) is 0. The van der Waals surface area contributed by atoms with E-state index in [4.69, 9.17) is 0 Å². The van der Waals surface area contributed by atoms with Crippen LogP contribution < -0.4 is 0 Å². The Morgan fingerprint density at radius 2 is 2.33 bits per heavy atom. The summed E-state index contributed by atoms with van der Waals surface area (Å²) < 4.78 is 2.32. The maximum atomic E-state index is 2.32. The van der Waals surface area contributed by atoms with Crippen molar-refractivity contribution in [1.29, 1.82) is 0 Å². The Bertz CT molecular complexity index is 209. The fraction of sp³-hybridized carbons (Fsp3) is 0.375. The molecule has 0 saturated heterocycles. The molecule has 2 heterocycles. The molecule has 0 saturated carbocycles. The van der Waals surface area contributed by atoms with Crippen LogP contribution in [0.1, 0.15) is 12.8 Å². The maximum Gasteiger partial charge on any atom is 0.185 e. The molecule has 9 heavy (non-hydrogen) atoms. The van der Waals surface area contributed by atoms with Crippen molar-refractivity contribution in [2.24, 2.45) is 0 Å². The monoisotopic (exact) mass is 120 g/mol. The molecule has 0 bridgehead atoms. The number of rotatable bonds is 0. The Hall–Kier alpha value is -0.850. The van der Waals surface area contributed by atoms with E-state index in [2.05, 4.69) is 29.0 Å². The first-order chi connectivity index (χ1) is 4.47. The highest BCUT2D eigenvalue weighted by molar-refractivity contribution is 5.93. The molecular formula is C8H10N+. The van der Waals surface area contributed by atoms with Crippen molar-refractivity contribution in [3.63, 3.8) is 0 Å². The minimum Gasteiger partial charge on any atom is -0.202 e. The van der Waals surface area contributed by atoms with Crippen LogP contribution in [-0.2, 0) is 0 Å². The normalized spacial score (nSPS) is 23.1. The molecule has 0 N–H and O–H groups in total. The van der Waals surface area contributed by atoms with Gasteiger partial charge in [-0.05, 0) is 6.08 Å². The Kier molecular flexibility index (Phi) is 1.01. The van der Waals surface area contributed by atoms with Crippen LogP contribution in [0, 0.1) is 0 Å². The molecule has 0 aromatic heterocycles. The maximum absolute atomic E-state index is 2.32. The Morgan fingerprint density at radius 1 is 1.33 bits per heavy atom. The summed E-state index contributed by atoms with van der Waals surface area (Å²) in [5.41, 5.74) is 1.46. The molecule has 2 rings (SSSR count). The second-order valence-corrected chi connectivity index (χ2v) is 2.46. The van der Waals surface area contributed by atoms with E-state index >= 15 is 0 Å². The van der Waals surface area contributed by atoms with Crippen LogP contribution in [0.3, 0.4) is 0 Å². The molecule has 0 aromatic rings. The van der Waals surface area contributed by atoms with Gasteiger partial charge in [-0.1, -0.05) is 6.08 Å². The molecule has 0 atom stereocenters. The smallest absolute Gasteiger partial charge is 0.185 e. The quantitative estimate of drug-likeness (QED) is 0.424. The minimum atomic E-state index is 1.14. The van der Waals surface area contributed by atoms with Gasteiger partial charge in [0.2, 0.25) is 0 Å². The summed E-state index contributed by atoms with van der Waals surface area (Å²) in [5.74, 6) is 0.